The Hall–Kier alpha value is -0.480. The zero-order chi connectivity index (χ0) is 11.6. The van der Waals surface area contributed by atoms with Crippen LogP contribution in [0.5, 0.6) is 5.75 Å². The normalized spacial score (nSPS) is 9.22. The Bertz CT molecular complexity index is 298. The van der Waals surface area contributed by atoms with Crippen LogP contribution in [-0.4, -0.2) is 26.7 Å². The lowest BCUT2D eigenvalue weighted by atomic mass is 10.2. The molecule has 18 heavy (non-hydrogen) atoms. The first-order valence-electron chi connectivity index (χ1n) is 5.94. The molecular formula is C13H24Cl2N2O. The molecule has 0 unspecified atom stereocenters. The Kier molecular flexibility index (Phi) is 14.3. The Morgan fingerprint density at radius 1 is 1.11 bits per heavy atom. The van der Waals surface area contributed by atoms with Crippen molar-refractivity contribution in [1.29, 1.82) is 0 Å². The number of hydrogen-bond donors (Lipinski definition) is 2. The van der Waals surface area contributed by atoms with Gasteiger partial charge >= 0.3 is 0 Å². The van der Waals surface area contributed by atoms with Crippen molar-refractivity contribution in [2.45, 2.75) is 19.9 Å². The number of rotatable bonds is 8. The molecule has 106 valence electrons. The van der Waals surface area contributed by atoms with Crippen LogP contribution in [0, 0.1) is 0 Å². The van der Waals surface area contributed by atoms with Crippen molar-refractivity contribution in [1.82, 2.24) is 10.6 Å². The van der Waals surface area contributed by atoms with E-state index in [1.807, 2.05) is 32.2 Å². The van der Waals surface area contributed by atoms with Gasteiger partial charge in [-0.25, -0.2) is 0 Å². The lowest BCUT2D eigenvalue weighted by Crippen LogP contribution is -2.19. The van der Waals surface area contributed by atoms with Gasteiger partial charge in [0.05, 0.1) is 6.61 Å². The second-order valence-electron chi connectivity index (χ2n) is 3.67. The first-order valence-corrected chi connectivity index (χ1v) is 5.94. The van der Waals surface area contributed by atoms with Crippen LogP contribution in [0.2, 0.25) is 0 Å². The Labute approximate surface area is 123 Å². The SMILES string of the molecule is CCOc1ccccc1CNCCCNC.Cl.Cl. The summed E-state index contributed by atoms with van der Waals surface area (Å²) in [5.74, 6) is 0.992. The highest BCUT2D eigenvalue weighted by atomic mass is 35.5. The fraction of sp³-hybridized carbons (Fsp3) is 0.538. The average molecular weight is 295 g/mol. The van der Waals surface area contributed by atoms with Crippen molar-refractivity contribution in [2.24, 2.45) is 0 Å². The van der Waals surface area contributed by atoms with E-state index in [-0.39, 0.29) is 24.8 Å². The first kappa shape index (κ1) is 19.9. The van der Waals surface area contributed by atoms with Crippen LogP contribution in [0.1, 0.15) is 18.9 Å². The molecule has 3 nitrogen and oxygen atoms in total. The van der Waals surface area contributed by atoms with E-state index in [0.29, 0.717) is 0 Å². The molecule has 0 fully saturated rings. The second kappa shape index (κ2) is 13.0. The third-order valence-corrected chi connectivity index (χ3v) is 2.37. The van der Waals surface area contributed by atoms with E-state index in [9.17, 15) is 0 Å². The van der Waals surface area contributed by atoms with E-state index >= 15 is 0 Å². The topological polar surface area (TPSA) is 33.3 Å². The molecule has 0 radical (unpaired) electrons. The lowest BCUT2D eigenvalue weighted by Gasteiger charge is -2.10. The summed E-state index contributed by atoms with van der Waals surface area (Å²) in [4.78, 5) is 0. The Balaban J connectivity index is 0. The predicted octanol–water partition coefficient (Wildman–Crippen LogP) is 2.63. The van der Waals surface area contributed by atoms with Crippen molar-refractivity contribution in [2.75, 3.05) is 26.7 Å². The zero-order valence-electron chi connectivity index (χ0n) is 11.1. The molecule has 0 aromatic heterocycles. The minimum atomic E-state index is 0. The van der Waals surface area contributed by atoms with Crippen LogP contribution < -0.4 is 15.4 Å². The summed E-state index contributed by atoms with van der Waals surface area (Å²) in [5.41, 5.74) is 1.23. The van der Waals surface area contributed by atoms with Gasteiger partial charge in [-0.1, -0.05) is 18.2 Å². The van der Waals surface area contributed by atoms with Gasteiger partial charge in [-0.3, -0.25) is 0 Å². The molecule has 0 heterocycles. The quantitative estimate of drug-likeness (QED) is 0.723. The molecule has 5 heteroatoms. The number of nitrogens with one attached hydrogen (secondary N) is 2. The van der Waals surface area contributed by atoms with Crippen molar-refractivity contribution in [3.63, 3.8) is 0 Å². The average Bonchev–Trinajstić information content (AvgIpc) is 2.31. The largest absolute Gasteiger partial charge is 0.494 e. The third-order valence-electron chi connectivity index (χ3n) is 2.37. The summed E-state index contributed by atoms with van der Waals surface area (Å²) in [6, 6.07) is 8.19. The lowest BCUT2D eigenvalue weighted by molar-refractivity contribution is 0.335. The minimum absolute atomic E-state index is 0. The third kappa shape index (κ3) is 7.77. The number of hydrogen-bond acceptors (Lipinski definition) is 3. The van der Waals surface area contributed by atoms with E-state index in [4.69, 9.17) is 4.74 Å². The highest BCUT2D eigenvalue weighted by Gasteiger charge is 2.00. The van der Waals surface area contributed by atoms with Crippen molar-refractivity contribution in [3.05, 3.63) is 29.8 Å². The smallest absolute Gasteiger partial charge is 0.123 e. The molecule has 0 amide bonds. The Morgan fingerprint density at radius 3 is 2.50 bits per heavy atom. The number of halogens is 2. The zero-order valence-corrected chi connectivity index (χ0v) is 12.7. The Morgan fingerprint density at radius 2 is 1.83 bits per heavy atom. The monoisotopic (exact) mass is 294 g/mol. The summed E-state index contributed by atoms with van der Waals surface area (Å²) in [7, 11) is 1.98. The molecule has 0 spiro atoms. The van der Waals surface area contributed by atoms with Gasteiger partial charge in [-0.15, -0.1) is 24.8 Å². The molecule has 0 aliphatic heterocycles. The maximum absolute atomic E-state index is 5.56. The summed E-state index contributed by atoms with van der Waals surface area (Å²) >= 11 is 0. The standard InChI is InChI=1S/C13H22N2O.2ClH/c1-3-16-13-8-5-4-7-12(13)11-15-10-6-9-14-2;;/h4-5,7-8,14-15H,3,6,9-11H2,1-2H3;2*1H. The van der Waals surface area contributed by atoms with Gasteiger partial charge < -0.3 is 15.4 Å². The van der Waals surface area contributed by atoms with Gasteiger partial charge in [0.1, 0.15) is 5.75 Å². The molecule has 0 atom stereocenters. The van der Waals surface area contributed by atoms with Gasteiger partial charge in [0.25, 0.3) is 0 Å². The fourth-order valence-corrected chi connectivity index (χ4v) is 1.56. The van der Waals surface area contributed by atoms with Crippen LogP contribution in [0.25, 0.3) is 0 Å². The van der Waals surface area contributed by atoms with E-state index in [0.717, 1.165) is 38.4 Å². The van der Waals surface area contributed by atoms with Crippen LogP contribution >= 0.6 is 24.8 Å². The van der Waals surface area contributed by atoms with Gasteiger partial charge in [0, 0.05) is 12.1 Å². The van der Waals surface area contributed by atoms with E-state index < -0.39 is 0 Å². The maximum atomic E-state index is 5.56. The number of ether oxygens (including phenoxy) is 1. The first-order chi connectivity index (χ1) is 7.88. The second-order valence-corrected chi connectivity index (χ2v) is 3.67. The molecule has 1 aromatic carbocycles. The summed E-state index contributed by atoms with van der Waals surface area (Å²) in [6.45, 7) is 5.69. The molecule has 0 saturated heterocycles. The summed E-state index contributed by atoms with van der Waals surface area (Å²) in [5, 5.41) is 6.55. The van der Waals surface area contributed by atoms with Crippen LogP contribution in [-0.2, 0) is 6.54 Å². The van der Waals surface area contributed by atoms with Crippen molar-refractivity contribution < 1.29 is 4.74 Å². The highest BCUT2D eigenvalue weighted by molar-refractivity contribution is 5.85. The summed E-state index contributed by atoms with van der Waals surface area (Å²) in [6.07, 6.45) is 1.15. The van der Waals surface area contributed by atoms with Crippen molar-refractivity contribution >= 4 is 24.8 Å². The van der Waals surface area contributed by atoms with Crippen molar-refractivity contribution in [3.8, 4) is 5.75 Å². The maximum Gasteiger partial charge on any atom is 0.123 e. The van der Waals surface area contributed by atoms with Crippen LogP contribution in [0.15, 0.2) is 24.3 Å². The predicted molar refractivity (Wildman–Crippen MR) is 82.4 cm³/mol. The van der Waals surface area contributed by atoms with E-state index in [2.05, 4.69) is 16.7 Å². The molecule has 0 aliphatic rings. The number of para-hydroxylation sites is 1. The van der Waals surface area contributed by atoms with E-state index in [1.165, 1.54) is 5.56 Å². The highest BCUT2D eigenvalue weighted by Crippen LogP contribution is 2.17. The molecule has 0 saturated carbocycles. The van der Waals surface area contributed by atoms with Gasteiger partial charge in [-0.05, 0) is 39.5 Å². The molecule has 0 aliphatic carbocycles. The van der Waals surface area contributed by atoms with E-state index in [1.54, 1.807) is 0 Å². The molecular weight excluding hydrogens is 271 g/mol. The minimum Gasteiger partial charge on any atom is -0.494 e. The molecule has 1 aromatic rings. The fourth-order valence-electron chi connectivity index (χ4n) is 1.56. The molecule has 2 N–H and O–H groups in total. The van der Waals surface area contributed by atoms with Gasteiger partial charge in [-0.2, -0.15) is 0 Å². The molecule has 0 bridgehead atoms. The van der Waals surface area contributed by atoms with Gasteiger partial charge in [0.2, 0.25) is 0 Å². The van der Waals surface area contributed by atoms with Crippen LogP contribution in [0.4, 0.5) is 0 Å². The van der Waals surface area contributed by atoms with Crippen LogP contribution in [0.3, 0.4) is 0 Å². The molecule has 1 rings (SSSR count). The van der Waals surface area contributed by atoms with Gasteiger partial charge in [0.15, 0.2) is 0 Å². The number of benzene rings is 1. The summed E-state index contributed by atoms with van der Waals surface area (Å²) < 4.78 is 5.56.